The van der Waals surface area contributed by atoms with E-state index in [-0.39, 0.29) is 30.6 Å². The summed E-state index contributed by atoms with van der Waals surface area (Å²) >= 11 is 0. The summed E-state index contributed by atoms with van der Waals surface area (Å²) in [6, 6.07) is 9.71. The Morgan fingerprint density at radius 3 is 2.31 bits per heavy atom. The SMILES string of the molecule is CC(C)c1cnn2c(N(Cc3cccc(N)c3)C(=O)OC(C)(C)C)cc(NCC3CC4CCC(C3)N4C(=O)OC(C)(C)C)nc12. The Morgan fingerprint density at radius 1 is 1.04 bits per heavy atom. The zero-order valence-corrected chi connectivity index (χ0v) is 28.0. The van der Waals surface area contributed by atoms with Crippen molar-refractivity contribution in [1.29, 1.82) is 0 Å². The summed E-state index contributed by atoms with van der Waals surface area (Å²) in [5, 5.41) is 8.25. The molecule has 244 valence electrons. The fourth-order valence-corrected chi connectivity index (χ4v) is 6.40. The first-order chi connectivity index (χ1) is 21.1. The van der Waals surface area contributed by atoms with Crippen LogP contribution in [0.1, 0.15) is 98.1 Å². The number of hydrogen-bond donors (Lipinski definition) is 2. The van der Waals surface area contributed by atoms with Crippen molar-refractivity contribution in [1.82, 2.24) is 19.5 Å². The van der Waals surface area contributed by atoms with Gasteiger partial charge in [-0.05, 0) is 96.8 Å². The molecule has 2 amide bonds. The van der Waals surface area contributed by atoms with Crippen molar-refractivity contribution in [2.24, 2.45) is 5.92 Å². The van der Waals surface area contributed by atoms with E-state index in [1.54, 1.807) is 9.42 Å². The quantitative estimate of drug-likeness (QED) is 0.272. The monoisotopic (exact) mass is 619 g/mol. The predicted octanol–water partition coefficient (Wildman–Crippen LogP) is 6.97. The third kappa shape index (κ3) is 7.62. The molecule has 4 heterocycles. The number of aromatic nitrogens is 3. The van der Waals surface area contributed by atoms with E-state index in [2.05, 4.69) is 24.3 Å². The van der Waals surface area contributed by atoms with Crippen molar-refractivity contribution < 1.29 is 19.1 Å². The lowest BCUT2D eigenvalue weighted by Gasteiger charge is -2.39. The molecule has 2 aliphatic heterocycles. The highest BCUT2D eigenvalue weighted by Crippen LogP contribution is 2.40. The number of hydrogen-bond acceptors (Lipinski definition) is 8. The average molecular weight is 620 g/mol. The van der Waals surface area contributed by atoms with Crippen LogP contribution in [-0.2, 0) is 16.0 Å². The normalized spacial score (nSPS) is 20.0. The van der Waals surface area contributed by atoms with Crippen LogP contribution in [0.3, 0.4) is 0 Å². The lowest BCUT2D eigenvalue weighted by molar-refractivity contribution is 0.00281. The average Bonchev–Trinajstić information content (AvgIpc) is 3.47. The fourth-order valence-electron chi connectivity index (χ4n) is 6.40. The highest BCUT2D eigenvalue weighted by molar-refractivity contribution is 5.88. The topological polar surface area (TPSA) is 127 Å². The first-order valence-corrected chi connectivity index (χ1v) is 16.1. The Hall–Kier alpha value is -4.02. The molecule has 2 atom stereocenters. The van der Waals surface area contributed by atoms with E-state index in [1.165, 1.54) is 0 Å². The number of piperidine rings is 1. The van der Waals surface area contributed by atoms with E-state index in [1.807, 2.05) is 83.0 Å². The summed E-state index contributed by atoms with van der Waals surface area (Å²) in [5.41, 5.74) is 8.03. The second-order valence-corrected chi connectivity index (χ2v) is 14.8. The van der Waals surface area contributed by atoms with Gasteiger partial charge in [-0.1, -0.05) is 26.0 Å². The largest absolute Gasteiger partial charge is 0.444 e. The number of nitrogens with one attached hydrogen (secondary N) is 1. The molecule has 0 saturated carbocycles. The van der Waals surface area contributed by atoms with E-state index >= 15 is 0 Å². The van der Waals surface area contributed by atoms with Crippen LogP contribution >= 0.6 is 0 Å². The molecule has 2 aliphatic rings. The highest BCUT2D eigenvalue weighted by atomic mass is 16.6. The number of fused-ring (bicyclic) bond motifs is 3. The first-order valence-electron chi connectivity index (χ1n) is 16.1. The van der Waals surface area contributed by atoms with Crippen molar-refractivity contribution in [3.8, 4) is 0 Å². The van der Waals surface area contributed by atoms with Gasteiger partial charge in [0.25, 0.3) is 0 Å². The smallest absolute Gasteiger partial charge is 0.416 e. The van der Waals surface area contributed by atoms with E-state index in [4.69, 9.17) is 20.2 Å². The molecule has 0 aliphatic carbocycles. The maximum Gasteiger partial charge on any atom is 0.416 e. The van der Waals surface area contributed by atoms with E-state index < -0.39 is 17.3 Å². The maximum absolute atomic E-state index is 13.7. The summed E-state index contributed by atoms with van der Waals surface area (Å²) in [6.45, 7) is 16.4. The van der Waals surface area contributed by atoms with Crippen LogP contribution in [0.5, 0.6) is 0 Å². The van der Waals surface area contributed by atoms with Crippen LogP contribution in [0, 0.1) is 5.92 Å². The number of carbonyl (C=O) groups is 2. The van der Waals surface area contributed by atoms with E-state index in [0.29, 0.717) is 35.4 Å². The number of nitrogen functional groups attached to an aromatic ring is 1. The van der Waals surface area contributed by atoms with Gasteiger partial charge >= 0.3 is 12.2 Å². The van der Waals surface area contributed by atoms with Gasteiger partial charge in [0.15, 0.2) is 5.65 Å². The minimum atomic E-state index is -0.695. The van der Waals surface area contributed by atoms with Gasteiger partial charge in [0.2, 0.25) is 0 Å². The van der Waals surface area contributed by atoms with Gasteiger partial charge in [0.1, 0.15) is 22.8 Å². The van der Waals surface area contributed by atoms with Gasteiger partial charge in [-0.3, -0.25) is 4.90 Å². The van der Waals surface area contributed by atoms with Crippen molar-refractivity contribution in [2.75, 3.05) is 22.5 Å². The summed E-state index contributed by atoms with van der Waals surface area (Å²) in [5.74, 6) is 1.75. The minimum Gasteiger partial charge on any atom is -0.444 e. The summed E-state index contributed by atoms with van der Waals surface area (Å²) in [6.07, 6.45) is 4.92. The van der Waals surface area contributed by atoms with Crippen molar-refractivity contribution in [3.63, 3.8) is 0 Å². The molecular weight excluding hydrogens is 570 g/mol. The molecule has 2 unspecified atom stereocenters. The third-order valence-corrected chi connectivity index (χ3v) is 8.29. The molecule has 0 spiro atoms. The standard InChI is InChI=1S/C34H49N7O4/c1-21(2)27-19-37-41-29(39(31(42)44-33(3,4)5)20-22-10-9-11-24(35)14-22)17-28(38-30(27)41)36-18-23-15-25-12-13-26(16-23)40(25)32(43)45-34(6,7)8/h9-11,14,17,19,21,23,25-26H,12-13,15-16,18,20,35H2,1-8H3,(H,36,38). The fraction of sp³-hybridized carbons (Fsp3) is 0.588. The lowest BCUT2D eigenvalue weighted by atomic mass is 9.91. The molecule has 2 aromatic heterocycles. The van der Waals surface area contributed by atoms with Crippen molar-refractivity contribution >= 4 is 35.2 Å². The Kier molecular flexibility index (Phi) is 8.92. The molecule has 11 heteroatoms. The Morgan fingerprint density at radius 2 is 1.71 bits per heavy atom. The molecule has 45 heavy (non-hydrogen) atoms. The molecule has 5 rings (SSSR count). The molecule has 2 saturated heterocycles. The molecule has 1 aromatic carbocycles. The number of rotatable bonds is 7. The predicted molar refractivity (Wildman–Crippen MR) is 176 cm³/mol. The highest BCUT2D eigenvalue weighted by Gasteiger charge is 2.44. The van der Waals surface area contributed by atoms with Crippen molar-refractivity contribution in [2.45, 2.75) is 117 Å². The molecule has 3 N–H and O–H groups in total. The second-order valence-electron chi connectivity index (χ2n) is 14.8. The Labute approximate surface area is 266 Å². The van der Waals surface area contributed by atoms with Gasteiger partial charge < -0.3 is 25.4 Å². The third-order valence-electron chi connectivity index (χ3n) is 8.29. The molecule has 3 aromatic rings. The first kappa shape index (κ1) is 32.4. The van der Waals surface area contributed by atoms with Crippen LogP contribution in [0.4, 0.5) is 26.9 Å². The Balaban J connectivity index is 1.43. The lowest BCUT2D eigenvalue weighted by Crippen LogP contribution is -2.49. The van der Waals surface area contributed by atoms with Crippen LogP contribution in [-0.4, -0.2) is 61.5 Å². The van der Waals surface area contributed by atoms with Crippen molar-refractivity contribution in [3.05, 3.63) is 47.7 Å². The van der Waals surface area contributed by atoms with E-state index in [9.17, 15) is 9.59 Å². The molecule has 2 fully saturated rings. The number of ether oxygens (including phenoxy) is 2. The maximum atomic E-state index is 13.7. The summed E-state index contributed by atoms with van der Waals surface area (Å²) < 4.78 is 13.3. The summed E-state index contributed by atoms with van der Waals surface area (Å²) in [4.78, 5) is 35.3. The van der Waals surface area contributed by atoms with Crippen LogP contribution in [0.15, 0.2) is 36.5 Å². The van der Waals surface area contributed by atoms with Crippen LogP contribution < -0.4 is 16.0 Å². The van der Waals surface area contributed by atoms with E-state index in [0.717, 1.165) is 36.8 Å². The molecular formula is C34H49N7O4. The number of nitrogens with two attached hydrogens (primary N) is 1. The van der Waals surface area contributed by atoms with Gasteiger partial charge in [0.05, 0.1) is 12.7 Å². The van der Waals surface area contributed by atoms with Crippen LogP contribution in [0.2, 0.25) is 0 Å². The number of anilines is 3. The van der Waals surface area contributed by atoms with Crippen LogP contribution in [0.25, 0.3) is 5.65 Å². The number of nitrogens with zero attached hydrogens (tertiary/aromatic N) is 5. The molecule has 2 bridgehead atoms. The van der Waals surface area contributed by atoms with Gasteiger partial charge in [-0.2, -0.15) is 9.61 Å². The number of amides is 2. The Bertz CT molecular complexity index is 1520. The number of carbonyl (C=O) groups excluding carboxylic acids is 2. The molecule has 0 radical (unpaired) electrons. The zero-order valence-electron chi connectivity index (χ0n) is 28.0. The van der Waals surface area contributed by atoms with Gasteiger partial charge in [0, 0.05) is 35.9 Å². The van der Waals surface area contributed by atoms with Gasteiger partial charge in [-0.15, -0.1) is 0 Å². The minimum absolute atomic E-state index is 0.176. The van der Waals surface area contributed by atoms with Gasteiger partial charge in [-0.25, -0.2) is 14.6 Å². The summed E-state index contributed by atoms with van der Waals surface area (Å²) in [7, 11) is 0. The number of benzene rings is 1. The molecule has 11 nitrogen and oxygen atoms in total. The second kappa shape index (κ2) is 12.4. The zero-order chi connectivity index (χ0) is 32.7.